The van der Waals surface area contributed by atoms with Gasteiger partial charge < -0.3 is 5.73 Å². The van der Waals surface area contributed by atoms with Gasteiger partial charge in [0.25, 0.3) is 5.91 Å². The summed E-state index contributed by atoms with van der Waals surface area (Å²) in [5.41, 5.74) is 8.52. The Balaban J connectivity index is 2.05. The molecule has 1 aromatic carbocycles. The Labute approximate surface area is 138 Å². The van der Waals surface area contributed by atoms with Crippen molar-refractivity contribution >= 4 is 21.6 Å². The molecule has 0 spiro atoms. The van der Waals surface area contributed by atoms with Gasteiger partial charge in [-0.3, -0.25) is 20.0 Å². The SMILES string of the molecule is Nc1ccc(S(=O)(=O)N2Cc3nccnc3C[C@@H]2C(=O)NO)cc1. The first-order valence-electron chi connectivity index (χ1n) is 7.03. The van der Waals surface area contributed by atoms with Crippen LogP contribution in [0.15, 0.2) is 41.6 Å². The summed E-state index contributed by atoms with van der Waals surface area (Å²) >= 11 is 0. The zero-order valence-corrected chi connectivity index (χ0v) is 13.3. The number of hydrogen-bond donors (Lipinski definition) is 3. The monoisotopic (exact) mass is 349 g/mol. The van der Waals surface area contributed by atoms with Crippen molar-refractivity contribution in [3.05, 3.63) is 48.0 Å². The molecule has 3 rings (SSSR count). The minimum absolute atomic E-state index is 0.000204. The van der Waals surface area contributed by atoms with Gasteiger partial charge in [-0.1, -0.05) is 0 Å². The second kappa shape index (κ2) is 6.15. The van der Waals surface area contributed by atoms with Crippen LogP contribution in [-0.2, 0) is 27.8 Å². The molecule has 2 heterocycles. The highest BCUT2D eigenvalue weighted by atomic mass is 32.2. The van der Waals surface area contributed by atoms with Crippen LogP contribution in [0.4, 0.5) is 5.69 Å². The predicted octanol–water partition coefficient (Wildman–Crippen LogP) is -0.320. The fourth-order valence-electron chi connectivity index (χ4n) is 2.57. The molecule has 1 amide bonds. The normalized spacial score (nSPS) is 18.0. The van der Waals surface area contributed by atoms with E-state index < -0.39 is 22.0 Å². The summed E-state index contributed by atoms with van der Waals surface area (Å²) in [7, 11) is -3.99. The van der Waals surface area contributed by atoms with Gasteiger partial charge in [0, 0.05) is 24.5 Å². The number of carbonyl (C=O) groups is 1. The number of nitrogens with one attached hydrogen (secondary N) is 1. The molecule has 0 fully saturated rings. The lowest BCUT2D eigenvalue weighted by molar-refractivity contribution is -0.133. The van der Waals surface area contributed by atoms with E-state index in [9.17, 15) is 13.2 Å². The maximum atomic E-state index is 12.9. The van der Waals surface area contributed by atoms with E-state index in [1.54, 1.807) is 0 Å². The van der Waals surface area contributed by atoms with E-state index >= 15 is 0 Å². The maximum absolute atomic E-state index is 12.9. The van der Waals surface area contributed by atoms with E-state index in [2.05, 4.69) is 9.97 Å². The van der Waals surface area contributed by atoms with Crippen molar-refractivity contribution < 1.29 is 18.4 Å². The Morgan fingerprint density at radius 3 is 2.46 bits per heavy atom. The number of amides is 1. The van der Waals surface area contributed by atoms with Gasteiger partial charge in [-0.15, -0.1) is 0 Å². The van der Waals surface area contributed by atoms with Crippen LogP contribution >= 0.6 is 0 Å². The second-order valence-corrected chi connectivity index (χ2v) is 7.16. The summed E-state index contributed by atoms with van der Waals surface area (Å²) in [6.45, 7) is -0.117. The highest BCUT2D eigenvalue weighted by molar-refractivity contribution is 7.89. The molecule has 0 bridgehead atoms. The number of hydroxylamine groups is 1. The maximum Gasteiger partial charge on any atom is 0.262 e. The van der Waals surface area contributed by atoms with Crippen LogP contribution in [-0.4, -0.2) is 39.8 Å². The minimum atomic E-state index is -3.99. The summed E-state index contributed by atoms with van der Waals surface area (Å²) in [5, 5.41) is 8.95. The van der Waals surface area contributed by atoms with Gasteiger partial charge in [-0.25, -0.2) is 13.9 Å². The number of nitrogen functional groups attached to an aromatic ring is 1. The van der Waals surface area contributed by atoms with E-state index in [0.29, 0.717) is 17.1 Å². The van der Waals surface area contributed by atoms with Crippen molar-refractivity contribution in [1.82, 2.24) is 19.8 Å². The molecule has 24 heavy (non-hydrogen) atoms. The van der Waals surface area contributed by atoms with Crippen LogP contribution in [0.3, 0.4) is 0 Å². The standard InChI is InChI=1S/C14H15N5O4S/c15-9-1-3-10(4-2-9)24(22,23)19-8-12-11(16-5-6-17-12)7-13(19)14(20)18-21/h1-6,13,21H,7-8,15H2,(H,18,20)/t13-/m1/s1. The summed E-state index contributed by atoms with van der Waals surface area (Å²) in [6, 6.07) is 4.54. The third kappa shape index (κ3) is 2.82. The van der Waals surface area contributed by atoms with Crippen LogP contribution in [0.25, 0.3) is 0 Å². The third-order valence-corrected chi connectivity index (χ3v) is 5.67. The average molecular weight is 349 g/mol. The van der Waals surface area contributed by atoms with Crippen LogP contribution in [0.2, 0.25) is 0 Å². The van der Waals surface area contributed by atoms with Crippen molar-refractivity contribution in [2.24, 2.45) is 0 Å². The zero-order valence-electron chi connectivity index (χ0n) is 12.5. The van der Waals surface area contributed by atoms with Crippen molar-refractivity contribution in [2.75, 3.05) is 5.73 Å². The molecule has 0 unspecified atom stereocenters. The molecule has 1 aromatic heterocycles. The number of nitrogens with zero attached hydrogens (tertiary/aromatic N) is 3. The highest BCUT2D eigenvalue weighted by Gasteiger charge is 2.40. The van der Waals surface area contributed by atoms with E-state index in [-0.39, 0.29) is 17.9 Å². The number of carbonyl (C=O) groups excluding carboxylic acids is 1. The molecule has 0 saturated carbocycles. The van der Waals surface area contributed by atoms with Crippen LogP contribution < -0.4 is 11.2 Å². The molecule has 0 saturated heterocycles. The smallest absolute Gasteiger partial charge is 0.262 e. The first-order valence-corrected chi connectivity index (χ1v) is 8.47. The highest BCUT2D eigenvalue weighted by Crippen LogP contribution is 2.27. The van der Waals surface area contributed by atoms with Gasteiger partial charge >= 0.3 is 0 Å². The van der Waals surface area contributed by atoms with Crippen molar-refractivity contribution in [2.45, 2.75) is 23.9 Å². The van der Waals surface area contributed by atoms with E-state index in [1.807, 2.05) is 0 Å². The van der Waals surface area contributed by atoms with Gasteiger partial charge in [0.1, 0.15) is 6.04 Å². The van der Waals surface area contributed by atoms with Crippen molar-refractivity contribution in [1.29, 1.82) is 0 Å². The summed E-state index contributed by atoms with van der Waals surface area (Å²) in [5.74, 6) is -0.828. The van der Waals surface area contributed by atoms with Gasteiger partial charge in [0.15, 0.2) is 0 Å². The lowest BCUT2D eigenvalue weighted by Gasteiger charge is -2.33. The number of sulfonamides is 1. The van der Waals surface area contributed by atoms with Crippen molar-refractivity contribution in [3.63, 3.8) is 0 Å². The predicted molar refractivity (Wildman–Crippen MR) is 83.0 cm³/mol. The summed E-state index contributed by atoms with van der Waals surface area (Å²) < 4.78 is 26.8. The number of fused-ring (bicyclic) bond motifs is 1. The Bertz CT molecular complexity index is 869. The Morgan fingerprint density at radius 2 is 1.83 bits per heavy atom. The molecule has 9 nitrogen and oxygen atoms in total. The molecule has 1 aliphatic heterocycles. The van der Waals surface area contributed by atoms with Crippen LogP contribution in [0, 0.1) is 0 Å². The fourth-order valence-corrected chi connectivity index (χ4v) is 4.12. The number of hydrogen-bond acceptors (Lipinski definition) is 7. The number of aromatic nitrogens is 2. The lowest BCUT2D eigenvalue weighted by atomic mass is 10.0. The number of benzene rings is 1. The molecule has 4 N–H and O–H groups in total. The third-order valence-electron chi connectivity index (χ3n) is 3.80. The summed E-state index contributed by atoms with van der Waals surface area (Å²) in [4.78, 5) is 20.2. The van der Waals surface area contributed by atoms with E-state index in [4.69, 9.17) is 10.9 Å². The number of anilines is 1. The largest absolute Gasteiger partial charge is 0.399 e. The zero-order chi connectivity index (χ0) is 17.3. The molecule has 126 valence electrons. The lowest BCUT2D eigenvalue weighted by Crippen LogP contribution is -2.52. The quantitative estimate of drug-likeness (QED) is 0.392. The molecule has 1 aliphatic rings. The Morgan fingerprint density at radius 1 is 1.21 bits per heavy atom. The fraction of sp³-hybridized carbons (Fsp3) is 0.214. The first kappa shape index (κ1) is 16.3. The molecule has 0 aliphatic carbocycles. The first-order chi connectivity index (χ1) is 11.4. The topological polar surface area (TPSA) is 139 Å². The van der Waals surface area contributed by atoms with Crippen LogP contribution in [0.5, 0.6) is 0 Å². The Kier molecular flexibility index (Phi) is 4.18. The molecular weight excluding hydrogens is 334 g/mol. The Hall–Kier alpha value is -2.56. The molecule has 2 aromatic rings. The van der Waals surface area contributed by atoms with Gasteiger partial charge in [-0.05, 0) is 24.3 Å². The van der Waals surface area contributed by atoms with Gasteiger partial charge in [0.2, 0.25) is 10.0 Å². The van der Waals surface area contributed by atoms with Crippen LogP contribution in [0.1, 0.15) is 11.4 Å². The van der Waals surface area contributed by atoms with E-state index in [1.165, 1.54) is 42.1 Å². The molecule has 1 atom stereocenters. The van der Waals surface area contributed by atoms with Crippen molar-refractivity contribution in [3.8, 4) is 0 Å². The van der Waals surface area contributed by atoms with Gasteiger partial charge in [0.05, 0.1) is 22.8 Å². The molecule has 0 radical (unpaired) electrons. The minimum Gasteiger partial charge on any atom is -0.399 e. The number of nitrogens with two attached hydrogens (primary N) is 1. The molecular formula is C14H15N5O4S. The molecule has 10 heteroatoms. The average Bonchev–Trinajstić information content (AvgIpc) is 2.60. The number of rotatable bonds is 3. The van der Waals surface area contributed by atoms with E-state index in [0.717, 1.165) is 4.31 Å². The van der Waals surface area contributed by atoms with Gasteiger partial charge in [-0.2, -0.15) is 4.31 Å². The second-order valence-electron chi connectivity index (χ2n) is 5.27. The summed E-state index contributed by atoms with van der Waals surface area (Å²) in [6.07, 6.45) is 2.94.